The number of carbonyl (C=O) groups excluding carboxylic acids is 1. The molecule has 1 aromatic heterocycles. The van der Waals surface area contributed by atoms with Gasteiger partial charge in [-0.2, -0.15) is 0 Å². The maximum absolute atomic E-state index is 12.5. The number of fused-ring (bicyclic) bond motifs is 1. The monoisotopic (exact) mass is 366 g/mol. The Morgan fingerprint density at radius 2 is 1.85 bits per heavy atom. The molecular formula is C21H26N4O2. The van der Waals surface area contributed by atoms with Gasteiger partial charge < -0.3 is 19.9 Å². The average molecular weight is 366 g/mol. The van der Waals surface area contributed by atoms with Gasteiger partial charge in [0.2, 0.25) is 0 Å². The molecular weight excluding hydrogens is 340 g/mol. The number of amides is 2. The Labute approximate surface area is 159 Å². The third-order valence-corrected chi connectivity index (χ3v) is 4.72. The molecule has 27 heavy (non-hydrogen) atoms. The van der Waals surface area contributed by atoms with Crippen LogP contribution in [0.3, 0.4) is 0 Å². The molecule has 0 saturated heterocycles. The molecule has 6 nitrogen and oxygen atoms in total. The summed E-state index contributed by atoms with van der Waals surface area (Å²) >= 11 is 0. The fourth-order valence-corrected chi connectivity index (χ4v) is 3.15. The van der Waals surface area contributed by atoms with Crippen molar-refractivity contribution in [3.05, 3.63) is 59.9 Å². The number of carbonyl (C=O) groups is 1. The summed E-state index contributed by atoms with van der Waals surface area (Å²) in [6, 6.07) is 15.4. The molecule has 0 saturated carbocycles. The van der Waals surface area contributed by atoms with Crippen LogP contribution in [0.1, 0.15) is 31.3 Å². The lowest BCUT2D eigenvalue weighted by atomic mass is 9.96. The van der Waals surface area contributed by atoms with E-state index in [2.05, 4.69) is 29.5 Å². The van der Waals surface area contributed by atoms with Crippen LogP contribution in [0, 0.1) is 5.92 Å². The first-order chi connectivity index (χ1) is 13.0. The minimum Gasteiger partial charge on any atom is -0.497 e. The molecule has 1 atom stereocenters. The van der Waals surface area contributed by atoms with Crippen molar-refractivity contribution >= 4 is 17.1 Å². The number of hydrogen-bond acceptors (Lipinski definition) is 3. The van der Waals surface area contributed by atoms with E-state index in [9.17, 15) is 4.79 Å². The van der Waals surface area contributed by atoms with Crippen LogP contribution in [0.15, 0.2) is 48.5 Å². The number of urea groups is 1. The summed E-state index contributed by atoms with van der Waals surface area (Å²) in [5.41, 5.74) is 3.02. The third-order valence-electron chi connectivity index (χ3n) is 4.72. The smallest absolute Gasteiger partial charge is 0.315 e. The van der Waals surface area contributed by atoms with E-state index in [1.807, 2.05) is 60.1 Å². The van der Waals surface area contributed by atoms with E-state index in [0.29, 0.717) is 6.54 Å². The van der Waals surface area contributed by atoms with Crippen molar-refractivity contribution in [2.45, 2.75) is 26.4 Å². The van der Waals surface area contributed by atoms with E-state index in [4.69, 9.17) is 4.74 Å². The van der Waals surface area contributed by atoms with Gasteiger partial charge in [-0.1, -0.05) is 38.1 Å². The van der Waals surface area contributed by atoms with Crippen molar-refractivity contribution in [1.29, 1.82) is 0 Å². The van der Waals surface area contributed by atoms with Gasteiger partial charge in [-0.05, 0) is 35.7 Å². The molecule has 0 bridgehead atoms. The van der Waals surface area contributed by atoms with Crippen LogP contribution in [0.5, 0.6) is 5.75 Å². The van der Waals surface area contributed by atoms with E-state index in [1.54, 1.807) is 7.11 Å². The van der Waals surface area contributed by atoms with Crippen LogP contribution in [-0.4, -0.2) is 22.7 Å². The average Bonchev–Trinajstić information content (AvgIpc) is 3.00. The lowest BCUT2D eigenvalue weighted by Gasteiger charge is -2.23. The highest BCUT2D eigenvalue weighted by Gasteiger charge is 2.18. The van der Waals surface area contributed by atoms with Gasteiger partial charge in [0.25, 0.3) is 0 Å². The Kier molecular flexibility index (Phi) is 5.64. The minimum atomic E-state index is -0.212. The summed E-state index contributed by atoms with van der Waals surface area (Å²) < 4.78 is 7.20. The topological polar surface area (TPSA) is 68.2 Å². The second-order valence-electron chi connectivity index (χ2n) is 6.90. The van der Waals surface area contributed by atoms with Crippen LogP contribution in [-0.2, 0) is 13.6 Å². The third kappa shape index (κ3) is 4.22. The molecule has 3 rings (SSSR count). The first-order valence-electron chi connectivity index (χ1n) is 9.08. The molecule has 0 unspecified atom stereocenters. The highest BCUT2D eigenvalue weighted by Crippen LogP contribution is 2.23. The Hall–Kier alpha value is -3.02. The summed E-state index contributed by atoms with van der Waals surface area (Å²) in [5, 5.41) is 5.99. The Balaban J connectivity index is 1.66. The number of imidazole rings is 1. The molecule has 1 heterocycles. The van der Waals surface area contributed by atoms with Gasteiger partial charge in [0.05, 0.1) is 30.7 Å². The van der Waals surface area contributed by atoms with E-state index in [1.165, 1.54) is 0 Å². The lowest BCUT2D eigenvalue weighted by molar-refractivity contribution is 0.232. The summed E-state index contributed by atoms with van der Waals surface area (Å²) in [6.07, 6.45) is 0. The molecule has 6 heteroatoms. The van der Waals surface area contributed by atoms with Gasteiger partial charge in [0.1, 0.15) is 11.6 Å². The van der Waals surface area contributed by atoms with Crippen LogP contribution in [0.25, 0.3) is 11.0 Å². The van der Waals surface area contributed by atoms with E-state index >= 15 is 0 Å². The van der Waals surface area contributed by atoms with Gasteiger partial charge in [-0.15, -0.1) is 0 Å². The maximum Gasteiger partial charge on any atom is 0.315 e. The SMILES string of the molecule is COc1ccc([C@H](NC(=O)NCc2nc3ccccc3n2C)C(C)C)cc1. The zero-order valence-electron chi connectivity index (χ0n) is 16.2. The fourth-order valence-electron chi connectivity index (χ4n) is 3.15. The normalized spacial score (nSPS) is 12.2. The minimum absolute atomic E-state index is 0.0867. The van der Waals surface area contributed by atoms with Crippen molar-refractivity contribution in [3.8, 4) is 5.75 Å². The molecule has 0 aliphatic heterocycles. The van der Waals surface area contributed by atoms with Gasteiger partial charge in [-0.3, -0.25) is 0 Å². The van der Waals surface area contributed by atoms with Gasteiger partial charge in [-0.25, -0.2) is 9.78 Å². The number of aromatic nitrogens is 2. The molecule has 142 valence electrons. The number of para-hydroxylation sites is 2. The van der Waals surface area contributed by atoms with Gasteiger partial charge in [0, 0.05) is 7.05 Å². The highest BCUT2D eigenvalue weighted by atomic mass is 16.5. The lowest BCUT2D eigenvalue weighted by Crippen LogP contribution is -2.39. The van der Waals surface area contributed by atoms with Crippen molar-refractivity contribution < 1.29 is 9.53 Å². The second kappa shape index (κ2) is 8.12. The number of ether oxygens (including phenoxy) is 1. The number of aryl methyl sites for hydroxylation is 1. The van der Waals surface area contributed by atoms with Crippen molar-refractivity contribution in [2.24, 2.45) is 13.0 Å². The number of benzene rings is 2. The molecule has 0 aliphatic carbocycles. The molecule has 0 radical (unpaired) electrons. The number of rotatable bonds is 6. The summed E-state index contributed by atoms with van der Waals surface area (Å²) in [5.74, 6) is 1.87. The number of nitrogens with one attached hydrogen (secondary N) is 2. The zero-order valence-corrected chi connectivity index (χ0v) is 16.2. The van der Waals surface area contributed by atoms with Crippen LogP contribution < -0.4 is 15.4 Å². The first-order valence-corrected chi connectivity index (χ1v) is 9.08. The predicted molar refractivity (Wildman–Crippen MR) is 107 cm³/mol. The molecule has 2 aromatic carbocycles. The number of methoxy groups -OCH3 is 1. The quantitative estimate of drug-likeness (QED) is 0.698. The van der Waals surface area contributed by atoms with Crippen LogP contribution in [0.2, 0.25) is 0 Å². The maximum atomic E-state index is 12.5. The molecule has 2 amide bonds. The van der Waals surface area contributed by atoms with E-state index in [-0.39, 0.29) is 18.0 Å². The standard InChI is InChI=1S/C21H26N4O2/c1-14(2)20(15-9-11-16(27-4)12-10-15)24-21(26)22-13-19-23-17-7-5-6-8-18(17)25(19)3/h5-12,14,20H,13H2,1-4H3,(H2,22,24,26)/t20-/m1/s1. The van der Waals surface area contributed by atoms with E-state index < -0.39 is 0 Å². The molecule has 0 aliphatic rings. The Morgan fingerprint density at radius 1 is 1.15 bits per heavy atom. The number of nitrogens with zero attached hydrogens (tertiary/aromatic N) is 2. The highest BCUT2D eigenvalue weighted by molar-refractivity contribution is 5.76. The van der Waals surface area contributed by atoms with Gasteiger partial charge >= 0.3 is 6.03 Å². The summed E-state index contributed by atoms with van der Waals surface area (Å²) in [7, 11) is 3.60. The van der Waals surface area contributed by atoms with Crippen molar-refractivity contribution in [1.82, 2.24) is 20.2 Å². The van der Waals surface area contributed by atoms with E-state index in [0.717, 1.165) is 28.2 Å². The molecule has 2 N–H and O–H groups in total. The summed E-state index contributed by atoms with van der Waals surface area (Å²) in [4.78, 5) is 17.1. The zero-order chi connectivity index (χ0) is 19.4. The largest absolute Gasteiger partial charge is 0.497 e. The van der Waals surface area contributed by atoms with Gasteiger partial charge in [0.15, 0.2) is 0 Å². The second-order valence-corrected chi connectivity index (χ2v) is 6.90. The van der Waals surface area contributed by atoms with Crippen LogP contribution in [0.4, 0.5) is 4.79 Å². The molecule has 0 fully saturated rings. The predicted octanol–water partition coefficient (Wildman–Crippen LogP) is 3.78. The van der Waals surface area contributed by atoms with Crippen molar-refractivity contribution in [3.63, 3.8) is 0 Å². The Bertz CT molecular complexity index is 916. The summed E-state index contributed by atoms with van der Waals surface area (Å²) in [6.45, 7) is 4.53. The first kappa shape index (κ1) is 18.8. The van der Waals surface area contributed by atoms with Crippen LogP contribution >= 0.6 is 0 Å². The number of hydrogen-bond donors (Lipinski definition) is 2. The fraction of sp³-hybridized carbons (Fsp3) is 0.333. The molecule has 0 spiro atoms. The molecule has 3 aromatic rings. The Morgan fingerprint density at radius 3 is 2.48 bits per heavy atom. The van der Waals surface area contributed by atoms with Crippen molar-refractivity contribution in [2.75, 3.05) is 7.11 Å².